The molecule has 1 aromatic heterocycles. The second-order valence-electron chi connectivity index (χ2n) is 4.85. The Balaban J connectivity index is 1.79. The van der Waals surface area contributed by atoms with Crippen molar-refractivity contribution in [2.24, 2.45) is 0 Å². The van der Waals surface area contributed by atoms with E-state index in [0.29, 0.717) is 10.9 Å². The summed E-state index contributed by atoms with van der Waals surface area (Å²) in [5, 5.41) is 7.90. The smallest absolute Gasteiger partial charge is 0.341 e. The number of fused-ring (bicyclic) bond motifs is 1. The van der Waals surface area contributed by atoms with Crippen LogP contribution < -0.4 is 5.56 Å². The lowest BCUT2D eigenvalue weighted by Gasteiger charge is -2.09. The van der Waals surface area contributed by atoms with Gasteiger partial charge in [0.15, 0.2) is 6.73 Å². The van der Waals surface area contributed by atoms with Crippen molar-refractivity contribution in [3.8, 4) is 0 Å². The summed E-state index contributed by atoms with van der Waals surface area (Å²) in [4.78, 5) is 24.5. The summed E-state index contributed by atoms with van der Waals surface area (Å²) in [6, 6.07) is 12.5. The minimum absolute atomic E-state index is 0.00500. The van der Waals surface area contributed by atoms with Gasteiger partial charge in [-0.25, -0.2) is 4.79 Å². The van der Waals surface area contributed by atoms with Crippen LogP contribution in [0.4, 0.5) is 8.78 Å². The summed E-state index contributed by atoms with van der Waals surface area (Å²) in [6.45, 7) is -0.469. The number of benzene rings is 2. The molecule has 0 atom stereocenters. The number of hydrogen-bond acceptors (Lipinski definition) is 6. The van der Waals surface area contributed by atoms with Crippen molar-refractivity contribution in [2.45, 2.75) is 17.4 Å². The van der Waals surface area contributed by atoms with Gasteiger partial charge in [0.05, 0.1) is 10.9 Å². The van der Waals surface area contributed by atoms with E-state index in [1.54, 1.807) is 30.3 Å². The van der Waals surface area contributed by atoms with Gasteiger partial charge >= 0.3 is 5.97 Å². The third-order valence-electron chi connectivity index (χ3n) is 3.27. The lowest BCUT2D eigenvalue weighted by Crippen LogP contribution is -2.26. The van der Waals surface area contributed by atoms with E-state index in [1.807, 2.05) is 0 Å². The zero-order valence-corrected chi connectivity index (χ0v) is 13.5. The Labute approximate surface area is 144 Å². The molecule has 0 saturated heterocycles. The molecule has 128 valence electrons. The first-order valence-electron chi connectivity index (χ1n) is 7.10. The van der Waals surface area contributed by atoms with Crippen LogP contribution in [-0.4, -0.2) is 26.7 Å². The van der Waals surface area contributed by atoms with Gasteiger partial charge in [-0.2, -0.15) is 13.5 Å². The van der Waals surface area contributed by atoms with Crippen LogP contribution in [0.25, 0.3) is 10.9 Å². The molecule has 25 heavy (non-hydrogen) atoms. The number of hydrogen-bond donors (Lipinski definition) is 0. The van der Waals surface area contributed by atoms with E-state index in [9.17, 15) is 18.4 Å². The lowest BCUT2D eigenvalue weighted by molar-refractivity contribution is 0.0332. The molecule has 2 aromatic carbocycles. The van der Waals surface area contributed by atoms with Gasteiger partial charge in [0.1, 0.15) is 5.52 Å². The average molecular weight is 363 g/mol. The number of aromatic nitrogens is 3. The quantitative estimate of drug-likeness (QED) is 0.513. The second-order valence-corrected chi connectivity index (χ2v) is 5.88. The topological polar surface area (TPSA) is 74.1 Å². The van der Waals surface area contributed by atoms with E-state index >= 15 is 0 Å². The summed E-state index contributed by atoms with van der Waals surface area (Å²) in [6.07, 6.45) is 0. The van der Waals surface area contributed by atoms with E-state index in [0.717, 1.165) is 4.68 Å². The van der Waals surface area contributed by atoms with Gasteiger partial charge in [0.2, 0.25) is 0 Å². The molecule has 0 aliphatic rings. The Bertz CT molecular complexity index is 978. The molecule has 0 aliphatic heterocycles. The molecular formula is C16H11F2N3O3S. The molecule has 1 heterocycles. The van der Waals surface area contributed by atoms with E-state index in [1.165, 1.54) is 18.2 Å². The molecule has 0 aliphatic carbocycles. The number of carbonyl (C=O) groups excluding carboxylic acids is 1. The second kappa shape index (κ2) is 7.39. The minimum Gasteiger partial charge on any atom is -0.439 e. The molecule has 0 bridgehead atoms. The Hall–Kier alpha value is -2.81. The number of carbonyl (C=O) groups is 1. The minimum atomic E-state index is -2.66. The molecule has 3 rings (SSSR count). The summed E-state index contributed by atoms with van der Waals surface area (Å²) in [5.41, 5.74) is -0.0445. The largest absolute Gasteiger partial charge is 0.439 e. The summed E-state index contributed by atoms with van der Waals surface area (Å²) in [5.74, 6) is -3.49. The maximum Gasteiger partial charge on any atom is 0.341 e. The number of nitrogens with zero attached hydrogens (tertiary/aromatic N) is 3. The molecule has 0 saturated carbocycles. The van der Waals surface area contributed by atoms with Crippen molar-refractivity contribution in [3.05, 3.63) is 64.4 Å². The van der Waals surface area contributed by atoms with Crippen molar-refractivity contribution in [3.63, 3.8) is 0 Å². The Kier molecular flexibility index (Phi) is 5.03. The highest BCUT2D eigenvalue weighted by atomic mass is 32.2. The molecule has 3 aromatic rings. The van der Waals surface area contributed by atoms with Gasteiger partial charge in [-0.15, -0.1) is 5.10 Å². The fourth-order valence-corrected chi connectivity index (χ4v) is 2.77. The zero-order valence-electron chi connectivity index (χ0n) is 12.6. The molecule has 0 N–H and O–H groups in total. The van der Waals surface area contributed by atoms with Gasteiger partial charge in [-0.05, 0) is 24.3 Å². The van der Waals surface area contributed by atoms with Crippen molar-refractivity contribution in [2.75, 3.05) is 0 Å². The highest BCUT2D eigenvalue weighted by Gasteiger charge is 2.17. The maximum atomic E-state index is 12.6. The van der Waals surface area contributed by atoms with Gasteiger partial charge in [0.25, 0.3) is 11.3 Å². The lowest BCUT2D eigenvalue weighted by atomic mass is 10.2. The molecule has 0 spiro atoms. The highest BCUT2D eigenvalue weighted by molar-refractivity contribution is 7.99. The van der Waals surface area contributed by atoms with Crippen LogP contribution in [0, 0.1) is 0 Å². The van der Waals surface area contributed by atoms with Crippen LogP contribution in [0.5, 0.6) is 0 Å². The number of esters is 1. The number of thioether (sulfide) groups is 1. The van der Waals surface area contributed by atoms with Gasteiger partial charge < -0.3 is 4.74 Å². The monoisotopic (exact) mass is 363 g/mol. The first-order valence-corrected chi connectivity index (χ1v) is 7.98. The summed E-state index contributed by atoms with van der Waals surface area (Å²) < 4.78 is 31.0. The molecule has 0 unspecified atom stereocenters. The first kappa shape index (κ1) is 17.0. The van der Waals surface area contributed by atoms with Crippen molar-refractivity contribution in [1.29, 1.82) is 0 Å². The maximum absolute atomic E-state index is 12.6. The molecule has 6 nitrogen and oxygen atoms in total. The normalized spacial score (nSPS) is 11.0. The Morgan fingerprint density at radius 1 is 1.16 bits per heavy atom. The molecule has 0 fully saturated rings. The number of alkyl halides is 2. The molecule has 0 radical (unpaired) electrons. The van der Waals surface area contributed by atoms with Crippen LogP contribution in [0.3, 0.4) is 0 Å². The summed E-state index contributed by atoms with van der Waals surface area (Å²) >= 11 is 0.249. The van der Waals surface area contributed by atoms with Crippen molar-refractivity contribution < 1.29 is 18.3 Å². The Morgan fingerprint density at radius 3 is 2.68 bits per heavy atom. The fraction of sp³-hybridized carbons (Fsp3) is 0.125. The third-order valence-corrected chi connectivity index (χ3v) is 4.06. The number of halogens is 2. The van der Waals surface area contributed by atoms with Gasteiger partial charge in [-0.1, -0.05) is 41.2 Å². The van der Waals surface area contributed by atoms with Gasteiger partial charge in [0, 0.05) is 4.90 Å². The summed E-state index contributed by atoms with van der Waals surface area (Å²) in [7, 11) is 0. The number of rotatable bonds is 5. The van der Waals surface area contributed by atoms with Crippen LogP contribution in [-0.2, 0) is 11.5 Å². The van der Waals surface area contributed by atoms with Crippen LogP contribution in [0.1, 0.15) is 10.4 Å². The first-order chi connectivity index (χ1) is 12.1. The van der Waals surface area contributed by atoms with E-state index in [-0.39, 0.29) is 22.2 Å². The van der Waals surface area contributed by atoms with Crippen LogP contribution >= 0.6 is 11.8 Å². The zero-order chi connectivity index (χ0) is 17.8. The molecule has 9 heteroatoms. The predicted molar refractivity (Wildman–Crippen MR) is 87.5 cm³/mol. The van der Waals surface area contributed by atoms with E-state index in [4.69, 9.17) is 4.74 Å². The molecular weight excluding hydrogens is 352 g/mol. The SMILES string of the molecule is O=C(OCn1nnc2ccccc2c1=O)c1ccccc1SC(F)F. The Morgan fingerprint density at radius 2 is 1.88 bits per heavy atom. The van der Waals surface area contributed by atoms with Crippen molar-refractivity contribution >= 4 is 28.6 Å². The third kappa shape index (κ3) is 3.82. The standard InChI is InChI=1S/C16H11F2N3O3S/c17-16(18)25-13-8-4-2-6-11(13)15(23)24-9-21-14(22)10-5-1-3-7-12(10)19-20-21/h1-8,16H,9H2. The van der Waals surface area contributed by atoms with Crippen LogP contribution in [0.15, 0.2) is 58.2 Å². The highest BCUT2D eigenvalue weighted by Crippen LogP contribution is 2.28. The average Bonchev–Trinajstić information content (AvgIpc) is 2.61. The van der Waals surface area contributed by atoms with Gasteiger partial charge in [-0.3, -0.25) is 4.79 Å². The predicted octanol–water partition coefficient (Wildman–Crippen LogP) is 2.92. The number of ether oxygens (including phenoxy) is 1. The van der Waals surface area contributed by atoms with E-state index < -0.39 is 24.0 Å². The molecule has 0 amide bonds. The van der Waals surface area contributed by atoms with Crippen LogP contribution in [0.2, 0.25) is 0 Å². The fourth-order valence-electron chi connectivity index (χ4n) is 2.14. The van der Waals surface area contributed by atoms with E-state index in [2.05, 4.69) is 10.3 Å². The van der Waals surface area contributed by atoms with Crippen molar-refractivity contribution in [1.82, 2.24) is 15.0 Å².